The maximum Gasteiger partial charge on any atom is 0.321 e. The second-order valence-corrected chi connectivity index (χ2v) is 7.09. The minimum atomic E-state index is -0.399. The zero-order valence-electron chi connectivity index (χ0n) is 15.0. The predicted octanol–water partition coefficient (Wildman–Crippen LogP) is 3.71. The van der Waals surface area contributed by atoms with Gasteiger partial charge in [0.2, 0.25) is 5.91 Å². The van der Waals surface area contributed by atoms with E-state index >= 15 is 0 Å². The summed E-state index contributed by atoms with van der Waals surface area (Å²) in [5.41, 5.74) is 0.772. The van der Waals surface area contributed by atoms with Gasteiger partial charge in [0.05, 0.1) is 6.54 Å². The Morgan fingerprint density at radius 3 is 2.28 bits per heavy atom. The summed E-state index contributed by atoms with van der Waals surface area (Å²) in [5, 5.41) is 9.29. The third kappa shape index (κ3) is 5.44. The van der Waals surface area contributed by atoms with E-state index in [1.807, 2.05) is 24.3 Å². The lowest BCUT2D eigenvalue weighted by atomic mass is 9.84. The number of carbonyl (C=O) groups is 2. The average molecular weight is 366 g/mol. The standard InChI is InChI=1S/C19H28ClN3O2/c1-3-19(4-2,14-9-11-15(20)12-10-14)21-13-17(24)23-18(25)22-16-7-5-6-8-16/h9-12,16,21H,3-8,13H2,1-2H3,(H2,22,23,24,25). The number of halogens is 1. The van der Waals surface area contributed by atoms with Crippen molar-refractivity contribution in [1.82, 2.24) is 16.0 Å². The van der Waals surface area contributed by atoms with Crippen molar-refractivity contribution in [1.29, 1.82) is 0 Å². The number of imide groups is 1. The summed E-state index contributed by atoms with van der Waals surface area (Å²) in [6.07, 6.45) is 5.91. The first kappa shape index (κ1) is 19.7. The lowest BCUT2D eigenvalue weighted by Gasteiger charge is -2.33. The van der Waals surface area contributed by atoms with E-state index in [-0.39, 0.29) is 24.0 Å². The van der Waals surface area contributed by atoms with Crippen LogP contribution in [0.25, 0.3) is 0 Å². The van der Waals surface area contributed by atoms with Gasteiger partial charge in [-0.25, -0.2) is 4.79 Å². The molecule has 1 aliphatic rings. The molecule has 5 nitrogen and oxygen atoms in total. The summed E-state index contributed by atoms with van der Waals surface area (Å²) in [7, 11) is 0. The van der Waals surface area contributed by atoms with Gasteiger partial charge in [0, 0.05) is 16.6 Å². The summed E-state index contributed by atoms with van der Waals surface area (Å²) in [6.45, 7) is 4.24. The van der Waals surface area contributed by atoms with Crippen molar-refractivity contribution in [3.8, 4) is 0 Å². The number of amides is 3. The Hall–Kier alpha value is -1.59. The Bertz CT molecular complexity index is 579. The molecule has 0 spiro atoms. The molecule has 0 heterocycles. The largest absolute Gasteiger partial charge is 0.335 e. The molecule has 6 heteroatoms. The predicted molar refractivity (Wildman–Crippen MR) is 101 cm³/mol. The highest BCUT2D eigenvalue weighted by molar-refractivity contribution is 6.30. The van der Waals surface area contributed by atoms with Gasteiger partial charge < -0.3 is 5.32 Å². The smallest absolute Gasteiger partial charge is 0.321 e. The van der Waals surface area contributed by atoms with Gasteiger partial charge in [-0.3, -0.25) is 15.4 Å². The fourth-order valence-corrected chi connectivity index (χ4v) is 3.62. The van der Waals surface area contributed by atoms with Crippen LogP contribution in [-0.2, 0) is 10.3 Å². The van der Waals surface area contributed by atoms with Gasteiger partial charge in [-0.2, -0.15) is 0 Å². The van der Waals surface area contributed by atoms with Crippen LogP contribution in [0.3, 0.4) is 0 Å². The minimum absolute atomic E-state index is 0.0857. The Kier molecular flexibility index (Phi) is 7.26. The van der Waals surface area contributed by atoms with Crippen LogP contribution in [0.1, 0.15) is 57.9 Å². The topological polar surface area (TPSA) is 70.2 Å². The van der Waals surface area contributed by atoms with Crippen LogP contribution in [0.5, 0.6) is 0 Å². The average Bonchev–Trinajstić information content (AvgIpc) is 3.10. The van der Waals surface area contributed by atoms with Gasteiger partial charge >= 0.3 is 6.03 Å². The zero-order valence-corrected chi connectivity index (χ0v) is 15.8. The van der Waals surface area contributed by atoms with Gasteiger partial charge in [-0.15, -0.1) is 0 Å². The van der Waals surface area contributed by atoms with Crippen LogP contribution in [0.2, 0.25) is 5.02 Å². The van der Waals surface area contributed by atoms with Crippen molar-refractivity contribution in [2.75, 3.05) is 6.54 Å². The first-order chi connectivity index (χ1) is 12.0. The van der Waals surface area contributed by atoms with Crippen LogP contribution in [0.4, 0.5) is 4.79 Å². The molecular formula is C19H28ClN3O2. The lowest BCUT2D eigenvalue weighted by molar-refractivity contribution is -0.119. The van der Waals surface area contributed by atoms with Gasteiger partial charge in [0.25, 0.3) is 0 Å². The van der Waals surface area contributed by atoms with E-state index in [2.05, 4.69) is 29.8 Å². The van der Waals surface area contributed by atoms with Gasteiger partial charge in [0.15, 0.2) is 0 Å². The number of hydrogen-bond donors (Lipinski definition) is 3. The fraction of sp³-hybridized carbons (Fsp3) is 0.579. The number of benzene rings is 1. The van der Waals surface area contributed by atoms with Crippen molar-refractivity contribution < 1.29 is 9.59 Å². The summed E-state index contributed by atoms with van der Waals surface area (Å²) >= 11 is 5.97. The van der Waals surface area contributed by atoms with E-state index in [1.54, 1.807) is 0 Å². The first-order valence-corrected chi connectivity index (χ1v) is 9.48. The number of carbonyl (C=O) groups excluding carboxylic acids is 2. The van der Waals surface area contributed by atoms with Crippen molar-refractivity contribution in [2.45, 2.75) is 64.0 Å². The Labute approximate surface area is 154 Å². The van der Waals surface area contributed by atoms with E-state index in [4.69, 9.17) is 11.6 Å². The molecule has 1 saturated carbocycles. The second-order valence-electron chi connectivity index (χ2n) is 6.65. The molecule has 0 unspecified atom stereocenters. The normalized spacial score (nSPS) is 15.2. The van der Waals surface area contributed by atoms with Gasteiger partial charge in [-0.1, -0.05) is 50.4 Å². The molecule has 138 valence electrons. The fourth-order valence-electron chi connectivity index (χ4n) is 3.49. The molecule has 1 aromatic carbocycles. The summed E-state index contributed by atoms with van der Waals surface area (Å²) in [4.78, 5) is 24.0. The maximum atomic E-state index is 12.1. The molecule has 25 heavy (non-hydrogen) atoms. The SMILES string of the molecule is CCC(CC)(NCC(=O)NC(=O)NC1CCCC1)c1ccc(Cl)cc1. The molecule has 0 bridgehead atoms. The van der Waals surface area contributed by atoms with Crippen molar-refractivity contribution >= 4 is 23.5 Å². The molecule has 1 fully saturated rings. The molecule has 0 atom stereocenters. The quantitative estimate of drug-likeness (QED) is 0.689. The van der Waals surface area contributed by atoms with Crippen molar-refractivity contribution in [2.24, 2.45) is 0 Å². The van der Waals surface area contributed by atoms with Crippen molar-refractivity contribution in [3.63, 3.8) is 0 Å². The Morgan fingerprint density at radius 2 is 1.72 bits per heavy atom. The minimum Gasteiger partial charge on any atom is -0.335 e. The molecule has 3 N–H and O–H groups in total. The molecule has 1 aliphatic carbocycles. The van der Waals surface area contributed by atoms with E-state index in [1.165, 1.54) is 0 Å². The van der Waals surface area contributed by atoms with E-state index in [0.29, 0.717) is 5.02 Å². The summed E-state index contributed by atoms with van der Waals surface area (Å²) in [6, 6.07) is 7.46. The first-order valence-electron chi connectivity index (χ1n) is 9.10. The van der Waals surface area contributed by atoms with Gasteiger partial charge in [-0.05, 0) is 43.4 Å². The number of hydrogen-bond acceptors (Lipinski definition) is 3. The van der Waals surface area contributed by atoms with Crippen molar-refractivity contribution in [3.05, 3.63) is 34.9 Å². The highest BCUT2D eigenvalue weighted by Crippen LogP contribution is 2.29. The van der Waals surface area contributed by atoms with Crippen LogP contribution < -0.4 is 16.0 Å². The monoisotopic (exact) mass is 365 g/mol. The highest BCUT2D eigenvalue weighted by atomic mass is 35.5. The molecule has 0 aromatic heterocycles. The van der Waals surface area contributed by atoms with Gasteiger partial charge in [0.1, 0.15) is 0 Å². The number of urea groups is 1. The number of nitrogens with one attached hydrogen (secondary N) is 3. The molecular weight excluding hydrogens is 338 g/mol. The molecule has 2 rings (SSSR count). The second kappa shape index (κ2) is 9.20. The highest BCUT2D eigenvalue weighted by Gasteiger charge is 2.28. The van der Waals surface area contributed by atoms with Crippen LogP contribution >= 0.6 is 11.6 Å². The van der Waals surface area contributed by atoms with E-state index < -0.39 is 6.03 Å². The van der Waals surface area contributed by atoms with Crippen LogP contribution in [-0.4, -0.2) is 24.5 Å². The summed E-state index contributed by atoms with van der Waals surface area (Å²) in [5.74, 6) is -0.323. The zero-order chi connectivity index (χ0) is 18.3. The molecule has 3 amide bonds. The van der Waals surface area contributed by atoms with Crippen LogP contribution in [0, 0.1) is 0 Å². The molecule has 0 radical (unpaired) electrons. The Morgan fingerprint density at radius 1 is 1.12 bits per heavy atom. The molecule has 0 saturated heterocycles. The third-order valence-corrected chi connectivity index (χ3v) is 5.39. The third-order valence-electron chi connectivity index (χ3n) is 5.13. The molecule has 1 aromatic rings. The summed E-state index contributed by atoms with van der Waals surface area (Å²) < 4.78 is 0. The Balaban J connectivity index is 1.90. The maximum absolute atomic E-state index is 12.1. The number of rotatable bonds is 7. The van der Waals surface area contributed by atoms with E-state index in [9.17, 15) is 9.59 Å². The van der Waals surface area contributed by atoms with E-state index in [0.717, 1.165) is 44.1 Å². The molecule has 0 aliphatic heterocycles. The lowest BCUT2D eigenvalue weighted by Crippen LogP contribution is -2.50. The van der Waals surface area contributed by atoms with Crippen LogP contribution in [0.15, 0.2) is 24.3 Å².